The van der Waals surface area contributed by atoms with Crippen LogP contribution in [0.25, 0.3) is 0 Å². The fraction of sp³-hybridized carbons (Fsp3) is 0.188. The van der Waals surface area contributed by atoms with E-state index in [0.717, 1.165) is 11.1 Å². The molecule has 0 spiro atoms. The molecule has 0 aliphatic heterocycles. The lowest BCUT2D eigenvalue weighted by molar-refractivity contribution is 0.0939. The zero-order valence-corrected chi connectivity index (χ0v) is 11.6. The molecule has 0 radical (unpaired) electrons. The quantitative estimate of drug-likeness (QED) is 0.832. The molecule has 1 heterocycles. The molecule has 1 atom stereocenters. The van der Waals surface area contributed by atoms with Crippen LogP contribution in [-0.4, -0.2) is 27.8 Å². The smallest absolute Gasteiger partial charge is 0.253 e. The fourth-order valence-corrected chi connectivity index (χ4v) is 1.82. The number of carbonyl (C=O) groups is 1. The van der Waals surface area contributed by atoms with Gasteiger partial charge in [0.25, 0.3) is 5.91 Å². The summed E-state index contributed by atoms with van der Waals surface area (Å²) < 4.78 is 0. The largest absolute Gasteiger partial charge is 0.384 e. The Bertz CT molecular complexity index is 675. The number of aliphatic hydroxyl groups excluding tert-OH is 1. The Morgan fingerprint density at radius 3 is 2.95 bits per heavy atom. The van der Waals surface area contributed by atoms with Gasteiger partial charge >= 0.3 is 0 Å². The van der Waals surface area contributed by atoms with Crippen LogP contribution in [0.2, 0.25) is 0 Å². The van der Waals surface area contributed by atoms with Gasteiger partial charge in [-0.05, 0) is 30.7 Å². The zero-order chi connectivity index (χ0) is 15.1. The zero-order valence-electron chi connectivity index (χ0n) is 11.6. The molecule has 5 nitrogen and oxygen atoms in total. The number of nitrogens with one attached hydrogen (secondary N) is 1. The van der Waals surface area contributed by atoms with Gasteiger partial charge in [0, 0.05) is 5.56 Å². The summed E-state index contributed by atoms with van der Waals surface area (Å²) in [6.07, 6.45) is 2.90. The molecule has 1 aromatic carbocycles. The Hall–Kier alpha value is -2.71. The summed E-state index contributed by atoms with van der Waals surface area (Å²) >= 11 is 0. The molecule has 2 rings (SSSR count). The fourth-order valence-electron chi connectivity index (χ4n) is 1.82. The Labute approximate surface area is 123 Å². The Morgan fingerprint density at radius 1 is 1.38 bits per heavy atom. The van der Waals surface area contributed by atoms with Crippen molar-refractivity contribution in [1.29, 1.82) is 0 Å². The Morgan fingerprint density at radius 2 is 2.24 bits per heavy atom. The molecule has 0 bridgehead atoms. The van der Waals surface area contributed by atoms with E-state index in [1.807, 2.05) is 31.2 Å². The summed E-state index contributed by atoms with van der Waals surface area (Å²) in [5.41, 5.74) is 2.21. The molecule has 0 aliphatic rings. The van der Waals surface area contributed by atoms with Gasteiger partial charge in [-0.3, -0.25) is 4.79 Å². The number of aromatic nitrogens is 2. The van der Waals surface area contributed by atoms with Crippen molar-refractivity contribution < 1.29 is 9.90 Å². The van der Waals surface area contributed by atoms with Crippen LogP contribution in [0.1, 0.15) is 34.5 Å². The molecule has 2 aromatic rings. The van der Waals surface area contributed by atoms with Crippen molar-refractivity contribution in [2.24, 2.45) is 0 Å². The highest BCUT2D eigenvalue weighted by Crippen LogP contribution is 2.14. The van der Waals surface area contributed by atoms with Crippen molar-refractivity contribution in [3.8, 4) is 11.8 Å². The second-order valence-corrected chi connectivity index (χ2v) is 4.41. The molecular formula is C16H15N3O2. The summed E-state index contributed by atoms with van der Waals surface area (Å²) in [4.78, 5) is 12.0. The van der Waals surface area contributed by atoms with Crippen LogP contribution >= 0.6 is 0 Å². The number of rotatable bonds is 3. The third kappa shape index (κ3) is 4.13. The highest BCUT2D eigenvalue weighted by molar-refractivity contribution is 5.93. The first-order valence-corrected chi connectivity index (χ1v) is 6.48. The molecule has 0 saturated carbocycles. The maximum absolute atomic E-state index is 12.0. The van der Waals surface area contributed by atoms with Crippen LogP contribution < -0.4 is 5.32 Å². The first-order chi connectivity index (χ1) is 10.2. The van der Waals surface area contributed by atoms with Crippen LogP contribution in [-0.2, 0) is 0 Å². The van der Waals surface area contributed by atoms with E-state index in [1.54, 1.807) is 6.07 Å². The van der Waals surface area contributed by atoms with Gasteiger partial charge in [-0.25, -0.2) is 0 Å². The topological polar surface area (TPSA) is 75.1 Å². The molecule has 2 N–H and O–H groups in total. The maximum atomic E-state index is 12.0. The molecule has 1 unspecified atom stereocenters. The number of nitrogens with zero attached hydrogens (tertiary/aromatic N) is 2. The highest BCUT2D eigenvalue weighted by Gasteiger charge is 2.11. The molecule has 106 valence electrons. The van der Waals surface area contributed by atoms with E-state index in [9.17, 15) is 4.79 Å². The SMILES string of the molecule is CC(NC(=O)c1ccnnc1)c1cccc(C#CCO)c1. The number of benzene rings is 1. The van der Waals surface area contributed by atoms with Crippen molar-refractivity contribution in [1.82, 2.24) is 15.5 Å². The van der Waals surface area contributed by atoms with Gasteiger partial charge in [-0.15, -0.1) is 0 Å². The van der Waals surface area contributed by atoms with E-state index in [1.165, 1.54) is 12.4 Å². The molecule has 1 aromatic heterocycles. The van der Waals surface area contributed by atoms with E-state index in [-0.39, 0.29) is 18.6 Å². The van der Waals surface area contributed by atoms with Crippen LogP contribution in [0.4, 0.5) is 0 Å². The monoisotopic (exact) mass is 281 g/mol. The van der Waals surface area contributed by atoms with E-state index >= 15 is 0 Å². The molecule has 0 fully saturated rings. The average molecular weight is 281 g/mol. The Kier molecular flexibility index (Phi) is 5.02. The minimum Gasteiger partial charge on any atom is -0.384 e. The van der Waals surface area contributed by atoms with Crippen molar-refractivity contribution in [2.75, 3.05) is 6.61 Å². The summed E-state index contributed by atoms with van der Waals surface area (Å²) in [7, 11) is 0. The molecule has 0 saturated heterocycles. The molecule has 21 heavy (non-hydrogen) atoms. The minimum absolute atomic E-state index is 0.165. The first kappa shape index (κ1) is 14.7. The number of hydrogen-bond donors (Lipinski definition) is 2. The van der Waals surface area contributed by atoms with Gasteiger partial charge in [-0.2, -0.15) is 10.2 Å². The summed E-state index contributed by atoms with van der Waals surface area (Å²) in [5, 5.41) is 18.9. The van der Waals surface area contributed by atoms with E-state index in [2.05, 4.69) is 27.4 Å². The van der Waals surface area contributed by atoms with Crippen molar-refractivity contribution in [2.45, 2.75) is 13.0 Å². The first-order valence-electron chi connectivity index (χ1n) is 6.48. The van der Waals surface area contributed by atoms with Gasteiger partial charge in [0.2, 0.25) is 0 Å². The number of hydrogen-bond acceptors (Lipinski definition) is 4. The Balaban J connectivity index is 2.10. The lowest BCUT2D eigenvalue weighted by Crippen LogP contribution is -2.26. The predicted octanol–water partition coefficient (Wildman–Crippen LogP) is 1.31. The summed E-state index contributed by atoms with van der Waals surface area (Å²) in [6.45, 7) is 1.72. The van der Waals surface area contributed by atoms with Crippen molar-refractivity contribution in [3.63, 3.8) is 0 Å². The van der Waals surface area contributed by atoms with E-state index in [4.69, 9.17) is 5.11 Å². The molecular weight excluding hydrogens is 266 g/mol. The van der Waals surface area contributed by atoms with Crippen LogP contribution in [0, 0.1) is 11.8 Å². The highest BCUT2D eigenvalue weighted by atomic mass is 16.2. The molecule has 1 amide bonds. The van der Waals surface area contributed by atoms with Crippen molar-refractivity contribution in [3.05, 3.63) is 59.4 Å². The lowest BCUT2D eigenvalue weighted by atomic mass is 10.0. The average Bonchev–Trinajstić information content (AvgIpc) is 2.54. The summed E-state index contributed by atoms with van der Waals surface area (Å²) in [5.74, 6) is 5.24. The standard InChI is InChI=1S/C16H15N3O2/c1-12(19-16(21)15-7-8-17-18-11-15)14-6-2-4-13(10-14)5-3-9-20/h2,4,6-8,10-12,20H,9H2,1H3,(H,19,21). The van der Waals surface area contributed by atoms with E-state index in [0.29, 0.717) is 5.56 Å². The van der Waals surface area contributed by atoms with Gasteiger partial charge in [0.15, 0.2) is 0 Å². The third-order valence-corrected chi connectivity index (χ3v) is 2.89. The van der Waals surface area contributed by atoms with Gasteiger partial charge in [0.1, 0.15) is 6.61 Å². The van der Waals surface area contributed by atoms with Gasteiger partial charge in [-0.1, -0.05) is 24.0 Å². The third-order valence-electron chi connectivity index (χ3n) is 2.89. The van der Waals surface area contributed by atoms with E-state index < -0.39 is 0 Å². The minimum atomic E-state index is -0.204. The predicted molar refractivity (Wildman–Crippen MR) is 78.3 cm³/mol. The molecule has 0 aliphatic carbocycles. The number of carbonyl (C=O) groups excluding carboxylic acids is 1. The number of aliphatic hydroxyl groups is 1. The second-order valence-electron chi connectivity index (χ2n) is 4.41. The lowest BCUT2D eigenvalue weighted by Gasteiger charge is -2.14. The van der Waals surface area contributed by atoms with Crippen LogP contribution in [0.15, 0.2) is 42.7 Å². The van der Waals surface area contributed by atoms with Crippen LogP contribution in [0.3, 0.4) is 0 Å². The number of amides is 1. The van der Waals surface area contributed by atoms with Crippen molar-refractivity contribution >= 4 is 5.91 Å². The normalized spacial score (nSPS) is 11.1. The van der Waals surface area contributed by atoms with Gasteiger partial charge in [0.05, 0.1) is 24.0 Å². The van der Waals surface area contributed by atoms with Gasteiger partial charge < -0.3 is 10.4 Å². The molecule has 5 heteroatoms. The maximum Gasteiger partial charge on any atom is 0.253 e. The second kappa shape index (κ2) is 7.17. The van der Waals surface area contributed by atoms with Crippen LogP contribution in [0.5, 0.6) is 0 Å². The summed E-state index contributed by atoms with van der Waals surface area (Å²) in [6, 6.07) is 8.97.